The molecule has 30 valence electrons. The Kier molecular flexibility index (Phi) is 1210. The Labute approximate surface area is 59.8 Å². The second-order valence-electron chi connectivity index (χ2n) is 0. The smallest absolute Gasteiger partial charge is 0 e. The molecule has 0 aliphatic heterocycles. The molecule has 4 radical (unpaired) electrons. The molecule has 6 N–H and O–H groups in total. The van der Waals surface area contributed by atoms with Crippen LogP contribution in [-0.2, 0) is 19.5 Å². The van der Waals surface area contributed by atoms with Gasteiger partial charge in [-0.05, 0) is 0 Å². The Bertz CT molecular complexity index is 6.85. The normalized spacial score (nSPS) is 0. The minimum absolute atomic E-state index is 0. The Balaban J connectivity index is 0. The summed E-state index contributed by atoms with van der Waals surface area (Å²) in [5.74, 6) is 0. The van der Waals surface area contributed by atoms with Gasteiger partial charge in [-0.3, -0.25) is 0 Å². The molecule has 0 aromatic carbocycles. The molecule has 0 rings (SSSR count). The van der Waals surface area contributed by atoms with Crippen molar-refractivity contribution in [1.82, 2.24) is 0 Å². The Morgan fingerprint density at radius 3 is 0.600 bits per heavy atom. The second kappa shape index (κ2) is 57.9. The van der Waals surface area contributed by atoms with Gasteiger partial charge in [0.1, 0.15) is 0 Å². The second-order valence-corrected chi connectivity index (χ2v) is 0. The van der Waals surface area contributed by atoms with E-state index in [-0.39, 0.29) is 59.8 Å². The summed E-state index contributed by atoms with van der Waals surface area (Å²) >= 11 is 0. The Morgan fingerprint density at radius 1 is 0.600 bits per heavy atom. The fourth-order valence-electron chi connectivity index (χ4n) is 0. The van der Waals surface area contributed by atoms with Gasteiger partial charge >= 0.3 is 0 Å². The van der Waals surface area contributed by atoms with Gasteiger partial charge in [0.15, 0.2) is 0 Å². The maximum atomic E-state index is 0. The summed E-state index contributed by atoms with van der Waals surface area (Å²) in [5, 5.41) is 0. The van der Waals surface area contributed by atoms with Crippen molar-refractivity contribution in [3.8, 4) is 0 Å². The molecule has 0 aliphatic rings. The van der Waals surface area contributed by atoms with Crippen LogP contribution in [-0.4, -0.2) is 40.3 Å². The average molecular weight is 238 g/mol. The van der Waals surface area contributed by atoms with Gasteiger partial charge in [0.25, 0.3) is 0 Å². The van der Waals surface area contributed by atoms with Gasteiger partial charge in [-0.25, -0.2) is 0 Å². The SMILES string of the molecule is O.O.O.[Sn].[Zn]. The fraction of sp³-hybridized carbons (Fsp3) is 0. The van der Waals surface area contributed by atoms with E-state index in [9.17, 15) is 0 Å². The van der Waals surface area contributed by atoms with Crippen molar-refractivity contribution in [3.63, 3.8) is 0 Å². The molecule has 0 amide bonds. The molecule has 0 fully saturated rings. The van der Waals surface area contributed by atoms with Gasteiger partial charge in [-0.2, -0.15) is 0 Å². The third kappa shape index (κ3) is 34.1. The Morgan fingerprint density at radius 2 is 0.600 bits per heavy atom. The van der Waals surface area contributed by atoms with Crippen molar-refractivity contribution in [1.29, 1.82) is 0 Å². The zero-order chi connectivity index (χ0) is 0. The summed E-state index contributed by atoms with van der Waals surface area (Å²) in [4.78, 5) is 0. The van der Waals surface area contributed by atoms with E-state index in [0.717, 1.165) is 0 Å². The van der Waals surface area contributed by atoms with Crippen molar-refractivity contribution in [2.45, 2.75) is 0 Å². The molecule has 0 atom stereocenters. The van der Waals surface area contributed by atoms with Crippen LogP contribution in [0.1, 0.15) is 0 Å². The minimum Gasteiger partial charge on any atom is -0.412 e. The van der Waals surface area contributed by atoms with Gasteiger partial charge in [0.05, 0.1) is 0 Å². The molecular formula is H6O3SnZn. The molecule has 0 aliphatic carbocycles. The van der Waals surface area contributed by atoms with Crippen LogP contribution in [0.15, 0.2) is 0 Å². The fourth-order valence-corrected chi connectivity index (χ4v) is 0. The number of rotatable bonds is 0. The molecule has 5 heteroatoms. The van der Waals surface area contributed by atoms with Crippen molar-refractivity contribution in [3.05, 3.63) is 0 Å². The van der Waals surface area contributed by atoms with Crippen LogP contribution in [0.4, 0.5) is 0 Å². The quantitative estimate of drug-likeness (QED) is 0.406. The molecule has 0 saturated carbocycles. The third-order valence-corrected chi connectivity index (χ3v) is 0. The molecule has 3 nitrogen and oxygen atoms in total. The van der Waals surface area contributed by atoms with E-state index >= 15 is 0 Å². The topological polar surface area (TPSA) is 94.5 Å². The van der Waals surface area contributed by atoms with Crippen LogP contribution in [0.2, 0.25) is 0 Å². The first-order valence-corrected chi connectivity index (χ1v) is 0. The van der Waals surface area contributed by atoms with E-state index in [1.165, 1.54) is 0 Å². The molecule has 0 unspecified atom stereocenters. The van der Waals surface area contributed by atoms with Crippen molar-refractivity contribution in [2.75, 3.05) is 0 Å². The van der Waals surface area contributed by atoms with Crippen LogP contribution in [0.3, 0.4) is 0 Å². The summed E-state index contributed by atoms with van der Waals surface area (Å²) in [5.41, 5.74) is 0. The summed E-state index contributed by atoms with van der Waals surface area (Å²) in [7, 11) is 0. The monoisotopic (exact) mass is 238 g/mol. The van der Waals surface area contributed by atoms with E-state index in [0.29, 0.717) is 0 Å². The first kappa shape index (κ1) is 104. The number of hydrogen-bond donors (Lipinski definition) is 0. The van der Waals surface area contributed by atoms with Gasteiger partial charge < -0.3 is 16.4 Å². The maximum Gasteiger partial charge on any atom is 0 e. The molecule has 0 spiro atoms. The Hall–Kier alpha value is 1.30. The predicted octanol–water partition coefficient (Wildman–Crippen LogP) is -2.86. The zero-order valence-corrected chi connectivity index (χ0v) is 8.53. The summed E-state index contributed by atoms with van der Waals surface area (Å²) in [6.45, 7) is 0. The van der Waals surface area contributed by atoms with Gasteiger partial charge in [-0.1, -0.05) is 0 Å². The molecule has 0 aromatic rings. The van der Waals surface area contributed by atoms with Crippen molar-refractivity contribution < 1.29 is 35.9 Å². The van der Waals surface area contributed by atoms with Gasteiger partial charge in [0, 0.05) is 43.4 Å². The molecule has 0 aromatic heterocycles. The molecule has 0 bridgehead atoms. The van der Waals surface area contributed by atoms with Crippen molar-refractivity contribution in [2.24, 2.45) is 0 Å². The molecule has 0 heterocycles. The van der Waals surface area contributed by atoms with E-state index in [4.69, 9.17) is 0 Å². The summed E-state index contributed by atoms with van der Waals surface area (Å²) < 4.78 is 0. The third-order valence-electron chi connectivity index (χ3n) is 0. The van der Waals surface area contributed by atoms with E-state index < -0.39 is 0 Å². The number of hydrogen-bond acceptors (Lipinski definition) is 0. The van der Waals surface area contributed by atoms with E-state index in [1.54, 1.807) is 0 Å². The predicted molar refractivity (Wildman–Crippen MR) is 16.6 cm³/mol. The zero-order valence-electron chi connectivity index (χ0n) is 2.71. The maximum absolute atomic E-state index is 0. The molecule has 5 heavy (non-hydrogen) atoms. The minimum atomic E-state index is 0. The largest absolute Gasteiger partial charge is 0.412 e. The van der Waals surface area contributed by atoms with E-state index in [2.05, 4.69) is 0 Å². The van der Waals surface area contributed by atoms with Crippen LogP contribution in [0.5, 0.6) is 0 Å². The molecule has 0 saturated heterocycles. The van der Waals surface area contributed by atoms with Crippen LogP contribution in [0, 0.1) is 0 Å². The van der Waals surface area contributed by atoms with Gasteiger partial charge in [0.2, 0.25) is 0 Å². The van der Waals surface area contributed by atoms with Gasteiger partial charge in [-0.15, -0.1) is 0 Å². The van der Waals surface area contributed by atoms with E-state index in [1.807, 2.05) is 0 Å². The first-order valence-electron chi connectivity index (χ1n) is 0. The summed E-state index contributed by atoms with van der Waals surface area (Å²) in [6, 6.07) is 0. The molecular weight excluding hydrogens is 232 g/mol. The summed E-state index contributed by atoms with van der Waals surface area (Å²) in [6.07, 6.45) is 0. The van der Waals surface area contributed by atoms with Crippen LogP contribution < -0.4 is 0 Å². The van der Waals surface area contributed by atoms with Crippen LogP contribution >= 0.6 is 0 Å². The van der Waals surface area contributed by atoms with Crippen molar-refractivity contribution >= 4 is 23.9 Å². The van der Waals surface area contributed by atoms with Crippen LogP contribution in [0.25, 0.3) is 0 Å². The first-order chi connectivity index (χ1) is 0. The average Bonchev–Trinajstić information content (AvgIpc) is 0. The standard InChI is InChI=1S/3H2O.Sn.Zn/h3*1H2;;.